The predicted octanol–water partition coefficient (Wildman–Crippen LogP) is 2.52. The van der Waals surface area contributed by atoms with E-state index in [0.29, 0.717) is 6.42 Å². The lowest BCUT2D eigenvalue weighted by atomic mass is 10.1. The maximum atomic E-state index is 12.5. The average Bonchev–Trinajstić information content (AvgIpc) is 2.23. The number of hydrogen-bond acceptors (Lipinski definition) is 2. The van der Waals surface area contributed by atoms with E-state index in [0.717, 1.165) is 5.56 Å². The maximum absolute atomic E-state index is 12.5. The Morgan fingerprint density at radius 2 is 1.82 bits per heavy atom. The quantitative estimate of drug-likeness (QED) is 0.867. The molecule has 0 bridgehead atoms. The van der Waals surface area contributed by atoms with E-state index in [2.05, 4.69) is 0 Å². The molecule has 96 valence electrons. The monoisotopic (exact) mass is 247 g/mol. The van der Waals surface area contributed by atoms with Crippen molar-refractivity contribution in [2.75, 3.05) is 6.61 Å². The molecule has 2 unspecified atom stereocenters. The van der Waals surface area contributed by atoms with Crippen LogP contribution in [-0.2, 0) is 11.2 Å². The first-order chi connectivity index (χ1) is 7.91. The van der Waals surface area contributed by atoms with Crippen molar-refractivity contribution < 1.29 is 17.9 Å². The van der Waals surface area contributed by atoms with E-state index in [1.165, 1.54) is 6.92 Å². The van der Waals surface area contributed by atoms with Crippen LogP contribution in [0.1, 0.15) is 12.5 Å². The van der Waals surface area contributed by atoms with Crippen molar-refractivity contribution >= 4 is 0 Å². The largest absolute Gasteiger partial charge is 0.416 e. The fourth-order valence-electron chi connectivity index (χ4n) is 1.49. The maximum Gasteiger partial charge on any atom is 0.416 e. The number of nitrogens with two attached hydrogens (primary N) is 1. The van der Waals surface area contributed by atoms with E-state index in [1.807, 2.05) is 30.3 Å². The molecule has 0 aliphatic carbocycles. The summed E-state index contributed by atoms with van der Waals surface area (Å²) in [6.07, 6.45) is -5.86. The minimum Gasteiger partial charge on any atom is -0.367 e. The summed E-state index contributed by atoms with van der Waals surface area (Å²) in [6.45, 7) is 1.30. The number of hydrogen-bond donors (Lipinski definition) is 1. The van der Waals surface area contributed by atoms with Gasteiger partial charge in [-0.05, 0) is 18.9 Å². The van der Waals surface area contributed by atoms with Gasteiger partial charge in [-0.25, -0.2) is 0 Å². The van der Waals surface area contributed by atoms with Crippen molar-refractivity contribution in [1.29, 1.82) is 0 Å². The van der Waals surface area contributed by atoms with Gasteiger partial charge in [0.1, 0.15) is 0 Å². The number of benzene rings is 1. The van der Waals surface area contributed by atoms with Crippen LogP contribution >= 0.6 is 0 Å². The van der Waals surface area contributed by atoms with Crippen molar-refractivity contribution in [3.8, 4) is 0 Å². The predicted molar refractivity (Wildman–Crippen MR) is 59.6 cm³/mol. The molecule has 5 heteroatoms. The molecule has 0 amide bonds. The fraction of sp³-hybridized carbons (Fsp3) is 0.500. The lowest BCUT2D eigenvalue weighted by Gasteiger charge is -2.23. The highest BCUT2D eigenvalue weighted by atomic mass is 19.4. The molecule has 1 aromatic carbocycles. The molecule has 0 aliphatic heterocycles. The van der Waals surface area contributed by atoms with Gasteiger partial charge in [-0.15, -0.1) is 0 Å². The third-order valence-electron chi connectivity index (χ3n) is 2.33. The number of halogens is 3. The Bertz CT molecular complexity index is 324. The molecular formula is C12H16F3NO. The van der Waals surface area contributed by atoms with E-state index in [-0.39, 0.29) is 6.61 Å². The fourth-order valence-corrected chi connectivity index (χ4v) is 1.49. The summed E-state index contributed by atoms with van der Waals surface area (Å²) >= 11 is 0. The van der Waals surface area contributed by atoms with Crippen LogP contribution in [0.5, 0.6) is 0 Å². The molecule has 0 fully saturated rings. The first kappa shape index (κ1) is 14.0. The standard InChI is InChI=1S/C12H16F3NO/c1-9(16)11(12(13,14)15)17-8-7-10-5-3-2-4-6-10/h2-6,9,11H,7-8,16H2,1H3. The summed E-state index contributed by atoms with van der Waals surface area (Å²) in [7, 11) is 0. The molecule has 0 aliphatic rings. The van der Waals surface area contributed by atoms with E-state index in [9.17, 15) is 13.2 Å². The average molecular weight is 247 g/mol. The van der Waals surface area contributed by atoms with Gasteiger partial charge in [0, 0.05) is 6.04 Å². The second-order valence-corrected chi connectivity index (χ2v) is 3.93. The van der Waals surface area contributed by atoms with Gasteiger partial charge in [-0.2, -0.15) is 13.2 Å². The lowest BCUT2D eigenvalue weighted by molar-refractivity contribution is -0.224. The molecule has 0 radical (unpaired) electrons. The van der Waals surface area contributed by atoms with Crippen LogP contribution in [0.3, 0.4) is 0 Å². The summed E-state index contributed by atoms with van der Waals surface area (Å²) in [6, 6.07) is 8.15. The second kappa shape index (κ2) is 6.02. The first-order valence-electron chi connectivity index (χ1n) is 5.39. The summed E-state index contributed by atoms with van der Waals surface area (Å²) < 4.78 is 42.3. The van der Waals surface area contributed by atoms with E-state index < -0.39 is 18.3 Å². The molecule has 0 saturated carbocycles. The van der Waals surface area contributed by atoms with Crippen molar-refractivity contribution in [3.63, 3.8) is 0 Å². The highest BCUT2D eigenvalue weighted by Crippen LogP contribution is 2.24. The Morgan fingerprint density at radius 1 is 1.24 bits per heavy atom. The van der Waals surface area contributed by atoms with Crippen LogP contribution in [0.25, 0.3) is 0 Å². The van der Waals surface area contributed by atoms with Gasteiger partial charge < -0.3 is 10.5 Å². The minimum absolute atomic E-state index is 0.00965. The lowest BCUT2D eigenvalue weighted by Crippen LogP contribution is -2.45. The Balaban J connectivity index is 2.43. The molecule has 2 N–H and O–H groups in total. The van der Waals surface area contributed by atoms with Crippen molar-refractivity contribution in [1.82, 2.24) is 0 Å². The van der Waals surface area contributed by atoms with Crippen molar-refractivity contribution in [2.24, 2.45) is 5.73 Å². The molecule has 2 atom stereocenters. The SMILES string of the molecule is CC(N)C(OCCc1ccccc1)C(F)(F)F. The number of ether oxygens (including phenoxy) is 1. The summed E-state index contributed by atoms with van der Waals surface area (Å²) in [5.74, 6) is 0. The zero-order valence-electron chi connectivity index (χ0n) is 9.58. The molecule has 2 nitrogen and oxygen atoms in total. The van der Waals surface area contributed by atoms with Crippen LogP contribution in [0.2, 0.25) is 0 Å². The molecule has 0 saturated heterocycles. The smallest absolute Gasteiger partial charge is 0.367 e. The van der Waals surface area contributed by atoms with Crippen LogP contribution in [0, 0.1) is 0 Å². The Kier molecular flexibility index (Phi) is 4.96. The van der Waals surface area contributed by atoms with Gasteiger partial charge in [0.2, 0.25) is 0 Å². The molecular weight excluding hydrogens is 231 g/mol. The van der Waals surface area contributed by atoms with Gasteiger partial charge in [-0.1, -0.05) is 30.3 Å². The molecule has 0 heterocycles. The van der Waals surface area contributed by atoms with Crippen LogP contribution in [0.15, 0.2) is 30.3 Å². The third-order valence-corrected chi connectivity index (χ3v) is 2.33. The van der Waals surface area contributed by atoms with Gasteiger partial charge in [-0.3, -0.25) is 0 Å². The van der Waals surface area contributed by atoms with E-state index in [4.69, 9.17) is 10.5 Å². The normalized spacial score (nSPS) is 15.6. The summed E-state index contributed by atoms with van der Waals surface area (Å²) in [4.78, 5) is 0. The van der Waals surface area contributed by atoms with Crippen molar-refractivity contribution in [3.05, 3.63) is 35.9 Å². The van der Waals surface area contributed by atoms with Crippen molar-refractivity contribution in [2.45, 2.75) is 31.7 Å². The van der Waals surface area contributed by atoms with Crippen LogP contribution in [0.4, 0.5) is 13.2 Å². The molecule has 1 aromatic rings. The zero-order chi connectivity index (χ0) is 12.9. The number of alkyl halides is 3. The second-order valence-electron chi connectivity index (χ2n) is 3.93. The molecule has 17 heavy (non-hydrogen) atoms. The minimum atomic E-state index is -4.41. The molecule has 0 spiro atoms. The van der Waals surface area contributed by atoms with Gasteiger partial charge in [0.25, 0.3) is 0 Å². The zero-order valence-corrected chi connectivity index (χ0v) is 9.58. The highest BCUT2D eigenvalue weighted by Gasteiger charge is 2.42. The van der Waals surface area contributed by atoms with E-state index in [1.54, 1.807) is 0 Å². The van der Waals surface area contributed by atoms with Gasteiger partial charge in [0.05, 0.1) is 6.61 Å². The third kappa shape index (κ3) is 4.75. The molecule has 0 aromatic heterocycles. The summed E-state index contributed by atoms with van der Waals surface area (Å²) in [5.41, 5.74) is 6.20. The van der Waals surface area contributed by atoms with Crippen LogP contribution in [-0.4, -0.2) is 24.9 Å². The van der Waals surface area contributed by atoms with Crippen LogP contribution < -0.4 is 5.73 Å². The van der Waals surface area contributed by atoms with E-state index >= 15 is 0 Å². The number of rotatable bonds is 5. The highest BCUT2D eigenvalue weighted by molar-refractivity contribution is 5.14. The Morgan fingerprint density at radius 3 is 2.29 bits per heavy atom. The van der Waals surface area contributed by atoms with Gasteiger partial charge >= 0.3 is 6.18 Å². The summed E-state index contributed by atoms with van der Waals surface area (Å²) in [5, 5.41) is 0. The Hall–Kier alpha value is -1.07. The van der Waals surface area contributed by atoms with Gasteiger partial charge in [0.15, 0.2) is 6.10 Å². The Labute approximate surface area is 98.6 Å². The topological polar surface area (TPSA) is 35.2 Å². The first-order valence-corrected chi connectivity index (χ1v) is 5.39. The molecule has 1 rings (SSSR count).